The molecule has 1 aliphatic rings. The summed E-state index contributed by atoms with van der Waals surface area (Å²) in [4.78, 5) is 11.6. The van der Waals surface area contributed by atoms with Gasteiger partial charge in [0.25, 0.3) is 0 Å². The highest BCUT2D eigenvalue weighted by atomic mass is 15.2. The van der Waals surface area contributed by atoms with Crippen molar-refractivity contribution in [3.05, 3.63) is 23.9 Å². The molecule has 0 aliphatic carbocycles. The molecule has 0 unspecified atom stereocenters. The number of rotatable bonds is 9. The van der Waals surface area contributed by atoms with Crippen molar-refractivity contribution >= 4 is 11.8 Å². The van der Waals surface area contributed by atoms with Gasteiger partial charge in [-0.05, 0) is 43.7 Å². The smallest absolute Gasteiger partial charge is 0.191 e. The van der Waals surface area contributed by atoms with E-state index in [1.54, 1.807) is 0 Å². The Labute approximate surface area is 153 Å². The van der Waals surface area contributed by atoms with E-state index >= 15 is 0 Å². The maximum Gasteiger partial charge on any atom is 0.191 e. The molecule has 5 nitrogen and oxygen atoms in total. The lowest BCUT2D eigenvalue weighted by Gasteiger charge is -2.16. The largest absolute Gasteiger partial charge is 0.357 e. The average molecular weight is 346 g/mol. The number of anilines is 1. The topological polar surface area (TPSA) is 52.6 Å². The summed E-state index contributed by atoms with van der Waals surface area (Å²) in [6, 6.07) is 4.28. The minimum atomic E-state index is 0.661. The van der Waals surface area contributed by atoms with Crippen molar-refractivity contribution in [2.75, 3.05) is 31.1 Å². The summed E-state index contributed by atoms with van der Waals surface area (Å²) < 4.78 is 0. The Balaban J connectivity index is 1.78. The molecule has 0 aromatic carbocycles. The van der Waals surface area contributed by atoms with Crippen LogP contribution in [0.25, 0.3) is 0 Å². The molecule has 0 atom stereocenters. The van der Waals surface area contributed by atoms with E-state index in [0.29, 0.717) is 6.54 Å². The lowest BCUT2D eigenvalue weighted by Crippen LogP contribution is -2.37. The molecule has 1 saturated heterocycles. The van der Waals surface area contributed by atoms with E-state index in [4.69, 9.17) is 0 Å². The van der Waals surface area contributed by atoms with Gasteiger partial charge in [0, 0.05) is 32.4 Å². The highest BCUT2D eigenvalue weighted by Crippen LogP contribution is 2.17. The van der Waals surface area contributed by atoms with Crippen LogP contribution in [0.5, 0.6) is 0 Å². The van der Waals surface area contributed by atoms with E-state index in [1.807, 2.05) is 6.20 Å². The second-order valence-corrected chi connectivity index (χ2v) is 7.23. The van der Waals surface area contributed by atoms with Crippen molar-refractivity contribution in [1.29, 1.82) is 0 Å². The highest BCUT2D eigenvalue weighted by molar-refractivity contribution is 5.79. The molecule has 2 N–H and O–H groups in total. The minimum absolute atomic E-state index is 0.661. The first-order valence-corrected chi connectivity index (χ1v) is 9.91. The summed E-state index contributed by atoms with van der Waals surface area (Å²) in [6.45, 7) is 11.4. The number of guanidine groups is 1. The highest BCUT2D eigenvalue weighted by Gasteiger charge is 2.12. The van der Waals surface area contributed by atoms with E-state index < -0.39 is 0 Å². The number of nitrogens with one attached hydrogen (secondary N) is 2. The number of unbranched alkanes of at least 4 members (excludes halogenated alkanes) is 1. The Morgan fingerprint density at radius 3 is 2.64 bits per heavy atom. The minimum Gasteiger partial charge on any atom is -0.357 e. The van der Waals surface area contributed by atoms with E-state index in [-0.39, 0.29) is 0 Å². The Hall–Kier alpha value is -1.78. The molecular weight excluding hydrogens is 310 g/mol. The monoisotopic (exact) mass is 345 g/mol. The van der Waals surface area contributed by atoms with Crippen LogP contribution in [-0.2, 0) is 6.54 Å². The SMILES string of the molecule is CCNC(=NCc1ccc(N2CCCC2)nc1)NCCCCC(C)C. The molecule has 0 saturated carbocycles. The first-order valence-electron chi connectivity index (χ1n) is 9.91. The van der Waals surface area contributed by atoms with Crippen molar-refractivity contribution in [1.82, 2.24) is 15.6 Å². The zero-order chi connectivity index (χ0) is 17.9. The van der Waals surface area contributed by atoms with Crippen LogP contribution in [0.4, 0.5) is 5.82 Å². The lowest BCUT2D eigenvalue weighted by atomic mass is 10.1. The van der Waals surface area contributed by atoms with Crippen LogP contribution >= 0.6 is 0 Å². The molecule has 1 aliphatic heterocycles. The zero-order valence-corrected chi connectivity index (χ0v) is 16.2. The molecule has 0 bridgehead atoms. The molecule has 140 valence electrons. The van der Waals surface area contributed by atoms with Crippen LogP contribution in [-0.4, -0.2) is 37.1 Å². The molecular formula is C20H35N5. The predicted molar refractivity (Wildman–Crippen MR) is 107 cm³/mol. The molecule has 2 heterocycles. The summed E-state index contributed by atoms with van der Waals surface area (Å²) >= 11 is 0. The summed E-state index contributed by atoms with van der Waals surface area (Å²) in [5.41, 5.74) is 1.15. The molecule has 0 radical (unpaired) electrons. The molecule has 0 spiro atoms. The summed E-state index contributed by atoms with van der Waals surface area (Å²) in [6.07, 6.45) is 8.28. The summed E-state index contributed by atoms with van der Waals surface area (Å²) in [7, 11) is 0. The van der Waals surface area contributed by atoms with Crippen molar-refractivity contribution in [3.8, 4) is 0 Å². The van der Waals surface area contributed by atoms with Crippen molar-refractivity contribution in [2.45, 2.75) is 59.4 Å². The van der Waals surface area contributed by atoms with Crippen molar-refractivity contribution in [3.63, 3.8) is 0 Å². The van der Waals surface area contributed by atoms with Crippen LogP contribution in [0, 0.1) is 5.92 Å². The van der Waals surface area contributed by atoms with Crippen molar-refractivity contribution < 1.29 is 0 Å². The number of hydrogen-bond acceptors (Lipinski definition) is 3. The van der Waals surface area contributed by atoms with Gasteiger partial charge in [-0.25, -0.2) is 9.98 Å². The number of pyridine rings is 1. The molecule has 2 rings (SSSR count). The fourth-order valence-electron chi connectivity index (χ4n) is 3.04. The van der Waals surface area contributed by atoms with Crippen LogP contribution < -0.4 is 15.5 Å². The fourth-order valence-corrected chi connectivity index (χ4v) is 3.04. The van der Waals surface area contributed by atoms with Gasteiger partial charge in [0.05, 0.1) is 6.54 Å². The number of aromatic nitrogens is 1. The number of aliphatic imine (C=N–C) groups is 1. The van der Waals surface area contributed by atoms with E-state index in [9.17, 15) is 0 Å². The van der Waals surface area contributed by atoms with E-state index in [0.717, 1.165) is 49.4 Å². The summed E-state index contributed by atoms with van der Waals surface area (Å²) in [5.74, 6) is 2.79. The third-order valence-electron chi connectivity index (χ3n) is 4.50. The first-order chi connectivity index (χ1) is 12.2. The van der Waals surface area contributed by atoms with Gasteiger partial charge >= 0.3 is 0 Å². The van der Waals surface area contributed by atoms with Crippen LogP contribution in [0.1, 0.15) is 58.4 Å². The van der Waals surface area contributed by atoms with Gasteiger partial charge in [-0.1, -0.05) is 32.8 Å². The predicted octanol–water partition coefficient (Wildman–Crippen LogP) is 3.56. The van der Waals surface area contributed by atoms with Gasteiger partial charge in [0.15, 0.2) is 5.96 Å². The van der Waals surface area contributed by atoms with Crippen LogP contribution in [0.3, 0.4) is 0 Å². The molecule has 5 heteroatoms. The zero-order valence-electron chi connectivity index (χ0n) is 16.2. The maximum absolute atomic E-state index is 4.68. The molecule has 0 amide bonds. The maximum atomic E-state index is 4.68. The van der Waals surface area contributed by atoms with Crippen molar-refractivity contribution in [2.24, 2.45) is 10.9 Å². The molecule has 1 fully saturated rings. The standard InChI is InChI=1S/C20H35N5/c1-4-21-20(22-12-6-5-9-17(2)3)24-16-18-10-11-19(23-15-18)25-13-7-8-14-25/h10-11,15,17H,4-9,12-14,16H2,1-3H3,(H2,21,22,24). The summed E-state index contributed by atoms with van der Waals surface area (Å²) in [5, 5.41) is 6.75. The molecule has 1 aromatic heterocycles. The average Bonchev–Trinajstić information content (AvgIpc) is 3.14. The van der Waals surface area contributed by atoms with E-state index in [1.165, 1.54) is 32.1 Å². The quantitative estimate of drug-likeness (QED) is 0.408. The number of hydrogen-bond donors (Lipinski definition) is 2. The number of nitrogens with zero attached hydrogens (tertiary/aromatic N) is 3. The third kappa shape index (κ3) is 7.32. The van der Waals surface area contributed by atoms with Gasteiger partial charge < -0.3 is 15.5 Å². The fraction of sp³-hybridized carbons (Fsp3) is 0.700. The van der Waals surface area contributed by atoms with Gasteiger partial charge in [-0.2, -0.15) is 0 Å². The van der Waals surface area contributed by atoms with Gasteiger partial charge in [-0.15, -0.1) is 0 Å². The van der Waals surface area contributed by atoms with Crippen LogP contribution in [0.15, 0.2) is 23.3 Å². The molecule has 25 heavy (non-hydrogen) atoms. The lowest BCUT2D eigenvalue weighted by molar-refractivity contribution is 0.534. The Bertz CT molecular complexity index is 503. The first kappa shape index (κ1) is 19.5. The van der Waals surface area contributed by atoms with Gasteiger partial charge in [0.1, 0.15) is 5.82 Å². The second-order valence-electron chi connectivity index (χ2n) is 7.23. The van der Waals surface area contributed by atoms with E-state index in [2.05, 4.69) is 58.4 Å². The second kappa shape index (κ2) is 11.0. The van der Waals surface area contributed by atoms with Crippen LogP contribution in [0.2, 0.25) is 0 Å². The Morgan fingerprint density at radius 2 is 2.00 bits per heavy atom. The van der Waals surface area contributed by atoms with Gasteiger partial charge in [-0.3, -0.25) is 0 Å². The third-order valence-corrected chi connectivity index (χ3v) is 4.50. The normalized spacial score (nSPS) is 15.0. The Kier molecular flexibility index (Phi) is 8.56. The molecule has 1 aromatic rings. The Morgan fingerprint density at radius 1 is 1.20 bits per heavy atom. The van der Waals surface area contributed by atoms with Gasteiger partial charge in [0.2, 0.25) is 0 Å².